The summed E-state index contributed by atoms with van der Waals surface area (Å²) in [6.07, 6.45) is 7.39. The van der Waals surface area contributed by atoms with Crippen LogP contribution in [0.15, 0.2) is 43.0 Å². The molecule has 0 heteroatoms. The number of hydrogen-bond acceptors (Lipinski definition) is 0. The van der Waals surface area contributed by atoms with Gasteiger partial charge >= 0.3 is 0 Å². The number of benzene rings is 1. The van der Waals surface area contributed by atoms with E-state index in [0.717, 1.165) is 11.8 Å². The van der Waals surface area contributed by atoms with Crippen LogP contribution in [0.5, 0.6) is 0 Å². The summed E-state index contributed by atoms with van der Waals surface area (Å²) in [5, 5.41) is 0. The van der Waals surface area contributed by atoms with Gasteiger partial charge in [-0.25, -0.2) is 0 Å². The molecular weight excluding hydrogens is 168 g/mol. The Hall–Kier alpha value is -1.04. The molecule has 0 radical (unpaired) electrons. The average molecular weight is 186 g/mol. The fourth-order valence-corrected chi connectivity index (χ4v) is 2.67. The van der Waals surface area contributed by atoms with E-state index in [0.29, 0.717) is 0 Å². The van der Waals surface area contributed by atoms with Crippen LogP contribution in [0.25, 0.3) is 0 Å². The highest BCUT2D eigenvalue weighted by Gasteiger charge is 2.26. The van der Waals surface area contributed by atoms with Crippen LogP contribution in [-0.4, -0.2) is 0 Å². The zero-order valence-electron chi connectivity index (χ0n) is 8.65. The fourth-order valence-electron chi connectivity index (χ4n) is 2.67. The van der Waals surface area contributed by atoms with Crippen molar-refractivity contribution in [3.05, 3.63) is 48.6 Å². The SMILES string of the molecule is C=CC[C@H]1CCC[C@H]1c1ccccc1. The maximum atomic E-state index is 3.85. The van der Waals surface area contributed by atoms with Crippen LogP contribution in [0.1, 0.15) is 37.2 Å². The maximum Gasteiger partial charge on any atom is -0.0131 e. The summed E-state index contributed by atoms with van der Waals surface area (Å²) < 4.78 is 0. The number of hydrogen-bond donors (Lipinski definition) is 0. The maximum absolute atomic E-state index is 3.85. The Morgan fingerprint density at radius 3 is 2.71 bits per heavy atom. The van der Waals surface area contributed by atoms with Gasteiger partial charge in [0.2, 0.25) is 0 Å². The standard InChI is InChI=1S/C14H18/c1-2-7-12-10-6-11-14(12)13-8-4-3-5-9-13/h2-5,8-9,12,14H,1,6-7,10-11H2/t12-,14+/m0/s1. The highest BCUT2D eigenvalue weighted by atomic mass is 14.3. The normalized spacial score (nSPS) is 26.3. The van der Waals surface area contributed by atoms with E-state index in [4.69, 9.17) is 0 Å². The van der Waals surface area contributed by atoms with Gasteiger partial charge < -0.3 is 0 Å². The van der Waals surface area contributed by atoms with Crippen molar-refractivity contribution in [2.45, 2.75) is 31.6 Å². The Kier molecular flexibility index (Phi) is 3.03. The van der Waals surface area contributed by atoms with Crippen molar-refractivity contribution in [2.24, 2.45) is 5.92 Å². The summed E-state index contributed by atoms with van der Waals surface area (Å²) in [6, 6.07) is 10.9. The smallest absolute Gasteiger partial charge is 0.0131 e. The molecule has 0 nitrogen and oxygen atoms in total. The summed E-state index contributed by atoms with van der Waals surface area (Å²) in [5.74, 6) is 1.63. The molecule has 1 aromatic carbocycles. The third-order valence-corrected chi connectivity index (χ3v) is 3.36. The second-order valence-electron chi connectivity index (χ2n) is 4.23. The van der Waals surface area contributed by atoms with Crippen molar-refractivity contribution in [2.75, 3.05) is 0 Å². The molecule has 0 saturated heterocycles. The Labute approximate surface area is 86.7 Å². The van der Waals surface area contributed by atoms with Gasteiger partial charge in [-0.1, -0.05) is 42.8 Å². The van der Waals surface area contributed by atoms with E-state index in [2.05, 4.69) is 43.0 Å². The third-order valence-electron chi connectivity index (χ3n) is 3.36. The van der Waals surface area contributed by atoms with Gasteiger partial charge in [0.05, 0.1) is 0 Å². The average Bonchev–Trinajstić information content (AvgIpc) is 2.68. The Bertz CT molecular complexity index is 286. The third kappa shape index (κ3) is 1.89. The summed E-state index contributed by atoms with van der Waals surface area (Å²) in [4.78, 5) is 0. The zero-order valence-corrected chi connectivity index (χ0v) is 8.65. The molecule has 0 bridgehead atoms. The second-order valence-corrected chi connectivity index (χ2v) is 4.23. The first kappa shape index (κ1) is 9.51. The first-order valence-corrected chi connectivity index (χ1v) is 5.57. The van der Waals surface area contributed by atoms with Crippen LogP contribution < -0.4 is 0 Å². The number of rotatable bonds is 3. The molecule has 1 aromatic rings. The van der Waals surface area contributed by atoms with E-state index in [1.807, 2.05) is 0 Å². The van der Waals surface area contributed by atoms with Crippen molar-refractivity contribution in [1.29, 1.82) is 0 Å². The predicted octanol–water partition coefficient (Wildman–Crippen LogP) is 4.15. The molecule has 0 amide bonds. The highest BCUT2D eigenvalue weighted by molar-refractivity contribution is 5.21. The van der Waals surface area contributed by atoms with Crippen LogP contribution in [0.3, 0.4) is 0 Å². The molecule has 2 atom stereocenters. The lowest BCUT2D eigenvalue weighted by Crippen LogP contribution is -2.04. The molecule has 0 unspecified atom stereocenters. The Morgan fingerprint density at radius 1 is 1.21 bits per heavy atom. The molecule has 0 spiro atoms. The molecule has 1 aliphatic carbocycles. The zero-order chi connectivity index (χ0) is 9.80. The van der Waals surface area contributed by atoms with Crippen molar-refractivity contribution in [3.63, 3.8) is 0 Å². The summed E-state index contributed by atoms with van der Waals surface area (Å²) in [5.41, 5.74) is 1.52. The fraction of sp³-hybridized carbons (Fsp3) is 0.429. The van der Waals surface area contributed by atoms with Gasteiger partial charge in [0.15, 0.2) is 0 Å². The van der Waals surface area contributed by atoms with E-state index < -0.39 is 0 Å². The van der Waals surface area contributed by atoms with Gasteiger partial charge in [-0.2, -0.15) is 0 Å². The van der Waals surface area contributed by atoms with Gasteiger partial charge in [0.25, 0.3) is 0 Å². The molecule has 2 rings (SSSR count). The second kappa shape index (κ2) is 4.45. The summed E-state index contributed by atoms with van der Waals surface area (Å²) >= 11 is 0. The van der Waals surface area contributed by atoms with Crippen LogP contribution in [0.2, 0.25) is 0 Å². The molecule has 1 aliphatic rings. The topological polar surface area (TPSA) is 0 Å². The molecular formula is C14H18. The van der Waals surface area contributed by atoms with Crippen molar-refractivity contribution < 1.29 is 0 Å². The lowest BCUT2D eigenvalue weighted by Gasteiger charge is -2.18. The van der Waals surface area contributed by atoms with Crippen molar-refractivity contribution in [3.8, 4) is 0 Å². The summed E-state index contributed by atoms with van der Waals surface area (Å²) in [6.45, 7) is 3.85. The van der Waals surface area contributed by atoms with Crippen LogP contribution in [0.4, 0.5) is 0 Å². The number of allylic oxidation sites excluding steroid dienone is 1. The molecule has 14 heavy (non-hydrogen) atoms. The van der Waals surface area contributed by atoms with E-state index in [1.54, 1.807) is 0 Å². The molecule has 0 aromatic heterocycles. The van der Waals surface area contributed by atoms with Gasteiger partial charge in [0.1, 0.15) is 0 Å². The highest BCUT2D eigenvalue weighted by Crippen LogP contribution is 2.41. The molecule has 0 N–H and O–H groups in total. The molecule has 74 valence electrons. The Morgan fingerprint density at radius 2 is 2.00 bits per heavy atom. The van der Waals surface area contributed by atoms with E-state index in [-0.39, 0.29) is 0 Å². The Balaban J connectivity index is 2.13. The van der Waals surface area contributed by atoms with Crippen LogP contribution in [-0.2, 0) is 0 Å². The lowest BCUT2D eigenvalue weighted by molar-refractivity contribution is 0.491. The minimum Gasteiger partial charge on any atom is -0.103 e. The van der Waals surface area contributed by atoms with E-state index in [1.165, 1.54) is 31.2 Å². The quantitative estimate of drug-likeness (QED) is 0.622. The molecule has 0 aliphatic heterocycles. The van der Waals surface area contributed by atoms with Gasteiger partial charge in [0, 0.05) is 0 Å². The van der Waals surface area contributed by atoms with Gasteiger partial charge in [-0.3, -0.25) is 0 Å². The van der Waals surface area contributed by atoms with Crippen molar-refractivity contribution in [1.82, 2.24) is 0 Å². The first-order valence-electron chi connectivity index (χ1n) is 5.57. The predicted molar refractivity (Wildman–Crippen MR) is 61.3 cm³/mol. The molecule has 1 saturated carbocycles. The largest absolute Gasteiger partial charge is 0.103 e. The van der Waals surface area contributed by atoms with Gasteiger partial charge in [-0.15, -0.1) is 6.58 Å². The monoisotopic (exact) mass is 186 g/mol. The van der Waals surface area contributed by atoms with E-state index in [9.17, 15) is 0 Å². The van der Waals surface area contributed by atoms with Crippen LogP contribution in [0, 0.1) is 5.92 Å². The lowest BCUT2D eigenvalue weighted by atomic mass is 9.87. The minimum atomic E-state index is 0.786. The van der Waals surface area contributed by atoms with Crippen molar-refractivity contribution >= 4 is 0 Å². The van der Waals surface area contributed by atoms with E-state index >= 15 is 0 Å². The minimum absolute atomic E-state index is 0.786. The van der Waals surface area contributed by atoms with Gasteiger partial charge in [-0.05, 0) is 36.7 Å². The molecule has 0 heterocycles. The first-order chi connectivity index (χ1) is 6.92. The molecule has 1 fully saturated rings. The van der Waals surface area contributed by atoms with Crippen LogP contribution >= 0.6 is 0 Å². The summed E-state index contributed by atoms with van der Waals surface area (Å²) in [7, 11) is 0.